The van der Waals surface area contributed by atoms with E-state index in [0.717, 1.165) is 12.1 Å². The minimum Gasteiger partial charge on any atom is -0.392 e. The van der Waals surface area contributed by atoms with E-state index in [1.54, 1.807) is 0 Å². The molecule has 98 valence electrons. The molecule has 0 saturated carbocycles. The van der Waals surface area contributed by atoms with Gasteiger partial charge >= 0.3 is 6.18 Å². The lowest BCUT2D eigenvalue weighted by atomic mass is 10.1. The molecule has 0 heterocycles. The van der Waals surface area contributed by atoms with Gasteiger partial charge in [-0.25, -0.2) is 0 Å². The van der Waals surface area contributed by atoms with Gasteiger partial charge in [-0.05, 0) is 34.1 Å². The maximum atomic E-state index is 12.5. The van der Waals surface area contributed by atoms with Gasteiger partial charge in [0, 0.05) is 4.47 Å². The van der Waals surface area contributed by atoms with E-state index in [2.05, 4.69) is 33.5 Å². The number of nitrogens with two attached hydrogens (primary N) is 1. The van der Waals surface area contributed by atoms with E-state index in [4.69, 9.17) is 5.73 Å². The number of halogens is 4. The van der Waals surface area contributed by atoms with E-state index < -0.39 is 17.6 Å². The summed E-state index contributed by atoms with van der Waals surface area (Å²) in [5, 5.41) is 2.32. The van der Waals surface area contributed by atoms with Crippen LogP contribution >= 0.6 is 28.1 Å². The molecule has 0 aliphatic heterocycles. The average Bonchev–Trinajstić information content (AvgIpc) is 2.24. The molecule has 1 rings (SSSR count). The van der Waals surface area contributed by atoms with E-state index in [1.807, 2.05) is 0 Å². The first kappa shape index (κ1) is 14.9. The first-order valence-electron chi connectivity index (χ1n) is 4.65. The van der Waals surface area contributed by atoms with Crippen molar-refractivity contribution in [3.05, 3.63) is 33.8 Å². The summed E-state index contributed by atoms with van der Waals surface area (Å²) in [6.45, 7) is -0.0726. The number of rotatable bonds is 3. The van der Waals surface area contributed by atoms with E-state index in [-0.39, 0.29) is 21.6 Å². The molecule has 0 fully saturated rings. The predicted octanol–water partition coefficient (Wildman–Crippen LogP) is 2.48. The Balaban J connectivity index is 3.01. The molecule has 0 aliphatic carbocycles. The third-order valence-corrected chi connectivity index (χ3v) is 2.80. The number of carbonyl (C=O) groups excluding carboxylic acids is 1. The van der Waals surface area contributed by atoms with Crippen LogP contribution in [0.25, 0.3) is 0 Å². The molecule has 0 aliphatic rings. The Hall–Kier alpha value is -1.15. The van der Waals surface area contributed by atoms with Gasteiger partial charge in [0.15, 0.2) is 0 Å². The first-order chi connectivity index (χ1) is 8.21. The largest absolute Gasteiger partial charge is 0.416 e. The summed E-state index contributed by atoms with van der Waals surface area (Å²) in [5.41, 5.74) is 4.16. The molecule has 0 radical (unpaired) electrons. The number of nitrogens with one attached hydrogen (secondary N) is 1. The number of benzene rings is 1. The van der Waals surface area contributed by atoms with Crippen LogP contribution in [0.2, 0.25) is 0 Å². The number of alkyl halides is 3. The minimum atomic E-state index is -4.50. The Morgan fingerprint density at radius 1 is 1.44 bits per heavy atom. The van der Waals surface area contributed by atoms with Crippen molar-refractivity contribution in [3.63, 3.8) is 0 Å². The standard InChI is InChI=1S/C10H8BrF3N2OS/c11-7-2-1-5(10(12,13)14)3-6(7)9(17)16-4-8(15)18/h1-3H,4H2,(H2,15,18)(H,16,17). The van der Waals surface area contributed by atoms with Crippen LogP contribution in [0.5, 0.6) is 0 Å². The zero-order valence-electron chi connectivity index (χ0n) is 8.84. The molecule has 1 aromatic carbocycles. The Labute approximate surface area is 115 Å². The first-order valence-corrected chi connectivity index (χ1v) is 5.85. The highest BCUT2D eigenvalue weighted by molar-refractivity contribution is 9.10. The fraction of sp³-hybridized carbons (Fsp3) is 0.200. The third-order valence-electron chi connectivity index (χ3n) is 1.96. The summed E-state index contributed by atoms with van der Waals surface area (Å²) >= 11 is 7.57. The topological polar surface area (TPSA) is 55.1 Å². The van der Waals surface area contributed by atoms with Crippen molar-refractivity contribution in [2.45, 2.75) is 6.18 Å². The zero-order valence-corrected chi connectivity index (χ0v) is 11.2. The summed E-state index contributed by atoms with van der Waals surface area (Å²) in [4.78, 5) is 11.7. The molecule has 1 amide bonds. The second-order valence-corrected chi connectivity index (χ2v) is 4.72. The molecule has 0 saturated heterocycles. The minimum absolute atomic E-state index is 0.0476. The molecular weight excluding hydrogens is 333 g/mol. The fourth-order valence-electron chi connectivity index (χ4n) is 1.14. The average molecular weight is 341 g/mol. The summed E-state index contributed by atoms with van der Waals surface area (Å²) < 4.78 is 37.7. The molecule has 0 atom stereocenters. The van der Waals surface area contributed by atoms with Gasteiger partial charge in [0.2, 0.25) is 0 Å². The lowest BCUT2D eigenvalue weighted by molar-refractivity contribution is -0.137. The maximum absolute atomic E-state index is 12.5. The van der Waals surface area contributed by atoms with Crippen LogP contribution in [0.4, 0.5) is 13.2 Å². The highest BCUT2D eigenvalue weighted by atomic mass is 79.9. The van der Waals surface area contributed by atoms with Crippen LogP contribution in [0.15, 0.2) is 22.7 Å². The van der Waals surface area contributed by atoms with E-state index in [1.165, 1.54) is 6.07 Å². The molecule has 1 aromatic rings. The van der Waals surface area contributed by atoms with E-state index >= 15 is 0 Å². The van der Waals surface area contributed by atoms with Crippen molar-refractivity contribution in [1.82, 2.24) is 5.32 Å². The molecule has 0 aromatic heterocycles. The highest BCUT2D eigenvalue weighted by Gasteiger charge is 2.31. The molecule has 0 unspecified atom stereocenters. The number of hydrogen-bond donors (Lipinski definition) is 2. The number of carbonyl (C=O) groups is 1. The van der Waals surface area contributed by atoms with Gasteiger partial charge < -0.3 is 11.1 Å². The van der Waals surface area contributed by atoms with Crippen LogP contribution < -0.4 is 11.1 Å². The lowest BCUT2D eigenvalue weighted by Crippen LogP contribution is -2.32. The Bertz CT molecular complexity index is 491. The summed E-state index contributed by atoms with van der Waals surface area (Å²) in [7, 11) is 0. The normalized spacial score (nSPS) is 11.1. The molecule has 0 spiro atoms. The van der Waals surface area contributed by atoms with Crippen LogP contribution in [0.1, 0.15) is 15.9 Å². The SMILES string of the molecule is NC(=S)CNC(=O)c1cc(C(F)(F)F)ccc1Br. The van der Waals surface area contributed by atoms with Gasteiger partial charge in [-0.3, -0.25) is 4.79 Å². The number of thiocarbonyl (C=S) groups is 1. The van der Waals surface area contributed by atoms with Crippen molar-refractivity contribution in [3.8, 4) is 0 Å². The zero-order chi connectivity index (χ0) is 13.9. The van der Waals surface area contributed by atoms with Gasteiger partial charge in [0.05, 0.1) is 22.7 Å². The molecular formula is C10H8BrF3N2OS. The lowest BCUT2D eigenvalue weighted by Gasteiger charge is -2.10. The van der Waals surface area contributed by atoms with Crippen molar-refractivity contribution in [2.24, 2.45) is 5.73 Å². The van der Waals surface area contributed by atoms with Crippen molar-refractivity contribution in [2.75, 3.05) is 6.54 Å². The summed E-state index contributed by atoms with van der Waals surface area (Å²) in [6.07, 6.45) is -4.50. The number of amides is 1. The van der Waals surface area contributed by atoms with Crippen LogP contribution in [0.3, 0.4) is 0 Å². The Morgan fingerprint density at radius 2 is 2.06 bits per heavy atom. The second kappa shape index (κ2) is 5.66. The van der Waals surface area contributed by atoms with E-state index in [0.29, 0.717) is 0 Å². The van der Waals surface area contributed by atoms with E-state index in [9.17, 15) is 18.0 Å². The molecule has 3 nitrogen and oxygen atoms in total. The van der Waals surface area contributed by atoms with Gasteiger partial charge in [-0.1, -0.05) is 12.2 Å². The Kier molecular flexibility index (Phi) is 4.69. The van der Waals surface area contributed by atoms with Crippen LogP contribution in [0, 0.1) is 0 Å². The monoisotopic (exact) mass is 340 g/mol. The molecule has 8 heteroatoms. The van der Waals surface area contributed by atoms with Crippen molar-refractivity contribution >= 4 is 39.0 Å². The smallest absolute Gasteiger partial charge is 0.392 e. The summed E-state index contributed by atoms with van der Waals surface area (Å²) in [6, 6.07) is 2.81. The second-order valence-electron chi connectivity index (χ2n) is 3.34. The van der Waals surface area contributed by atoms with Gasteiger partial charge in [0.1, 0.15) is 0 Å². The van der Waals surface area contributed by atoms with Crippen LogP contribution in [-0.2, 0) is 6.18 Å². The van der Waals surface area contributed by atoms with Gasteiger partial charge in [0.25, 0.3) is 5.91 Å². The molecule has 18 heavy (non-hydrogen) atoms. The van der Waals surface area contributed by atoms with Gasteiger partial charge in [-0.2, -0.15) is 13.2 Å². The van der Waals surface area contributed by atoms with Gasteiger partial charge in [-0.15, -0.1) is 0 Å². The molecule has 3 N–H and O–H groups in total. The molecule has 0 bridgehead atoms. The fourth-order valence-corrected chi connectivity index (χ4v) is 1.64. The quantitative estimate of drug-likeness (QED) is 0.831. The third kappa shape index (κ3) is 3.95. The predicted molar refractivity (Wildman–Crippen MR) is 68.3 cm³/mol. The van der Waals surface area contributed by atoms with Crippen molar-refractivity contribution < 1.29 is 18.0 Å². The summed E-state index contributed by atoms with van der Waals surface area (Å²) in [5.74, 6) is -0.680. The number of hydrogen-bond acceptors (Lipinski definition) is 2. The maximum Gasteiger partial charge on any atom is 0.416 e. The Morgan fingerprint density at radius 3 is 2.56 bits per heavy atom. The van der Waals surface area contributed by atoms with Crippen molar-refractivity contribution in [1.29, 1.82) is 0 Å². The van der Waals surface area contributed by atoms with Crippen LogP contribution in [-0.4, -0.2) is 17.4 Å². The highest BCUT2D eigenvalue weighted by Crippen LogP contribution is 2.31.